The first-order chi connectivity index (χ1) is 7.97. The Bertz CT molecular complexity index is 464. The van der Waals surface area contributed by atoms with E-state index in [1.165, 1.54) is 25.1 Å². The van der Waals surface area contributed by atoms with Crippen molar-refractivity contribution in [3.8, 4) is 5.75 Å². The van der Waals surface area contributed by atoms with Crippen LogP contribution in [0.3, 0.4) is 0 Å². The summed E-state index contributed by atoms with van der Waals surface area (Å²) >= 11 is 5.79. The lowest BCUT2D eigenvalue weighted by Gasteiger charge is -2.13. The van der Waals surface area contributed by atoms with E-state index in [0.717, 1.165) is 0 Å². The Labute approximate surface area is 102 Å². The fourth-order valence-electron chi connectivity index (χ4n) is 1.08. The quantitative estimate of drug-likeness (QED) is 0.281. The molecule has 0 saturated carbocycles. The lowest BCUT2D eigenvalue weighted by atomic mass is 10.3. The number of amidine groups is 1. The molecule has 1 aromatic carbocycles. The monoisotopic (exact) mass is 259 g/mol. The minimum Gasteiger partial charge on any atom is -0.474 e. The fraction of sp³-hybridized carbons (Fsp3) is 0.222. The van der Waals surface area contributed by atoms with Gasteiger partial charge in [-0.2, -0.15) is 0 Å². The van der Waals surface area contributed by atoms with E-state index in [1.807, 2.05) is 0 Å². The highest BCUT2D eigenvalue weighted by atomic mass is 35.5. The zero-order valence-electron chi connectivity index (χ0n) is 8.83. The van der Waals surface area contributed by atoms with E-state index in [1.54, 1.807) is 0 Å². The fourth-order valence-corrected chi connectivity index (χ4v) is 1.29. The molecule has 7 nitrogen and oxygen atoms in total. The highest BCUT2D eigenvalue weighted by Crippen LogP contribution is 2.35. The summed E-state index contributed by atoms with van der Waals surface area (Å²) in [6, 6.07) is 4.13. The third-order valence-electron chi connectivity index (χ3n) is 1.97. The molecule has 0 radical (unpaired) electrons. The Kier molecular flexibility index (Phi) is 4.11. The van der Waals surface area contributed by atoms with Crippen molar-refractivity contribution in [2.24, 2.45) is 10.9 Å². The van der Waals surface area contributed by atoms with Crippen LogP contribution >= 0.6 is 11.6 Å². The number of para-hydroxylation sites is 1. The second-order valence-corrected chi connectivity index (χ2v) is 3.54. The number of hydrogen-bond acceptors (Lipinski definition) is 5. The molecule has 0 saturated heterocycles. The molecule has 0 bridgehead atoms. The molecule has 0 aromatic heterocycles. The van der Waals surface area contributed by atoms with Gasteiger partial charge in [-0.1, -0.05) is 22.8 Å². The van der Waals surface area contributed by atoms with Crippen LogP contribution in [0.25, 0.3) is 0 Å². The molecule has 0 fully saturated rings. The zero-order chi connectivity index (χ0) is 13.0. The van der Waals surface area contributed by atoms with Gasteiger partial charge in [0.25, 0.3) is 0 Å². The number of halogens is 1. The van der Waals surface area contributed by atoms with Crippen LogP contribution in [0.5, 0.6) is 5.75 Å². The largest absolute Gasteiger partial charge is 0.474 e. The van der Waals surface area contributed by atoms with Gasteiger partial charge in [0.05, 0.1) is 9.95 Å². The van der Waals surface area contributed by atoms with Gasteiger partial charge in [0.1, 0.15) is 0 Å². The van der Waals surface area contributed by atoms with Gasteiger partial charge >= 0.3 is 5.69 Å². The first kappa shape index (κ1) is 13.0. The molecule has 1 unspecified atom stereocenters. The van der Waals surface area contributed by atoms with Gasteiger partial charge in [-0.3, -0.25) is 10.1 Å². The number of nitro benzene ring substituents is 1. The lowest BCUT2D eigenvalue weighted by Crippen LogP contribution is -2.31. The molecule has 0 aliphatic carbocycles. The highest BCUT2D eigenvalue weighted by Gasteiger charge is 2.21. The van der Waals surface area contributed by atoms with Gasteiger partial charge in [-0.05, 0) is 13.0 Å². The molecule has 0 spiro atoms. The Morgan fingerprint density at radius 2 is 2.35 bits per heavy atom. The molecule has 0 heterocycles. The number of ether oxygens (including phenoxy) is 1. The van der Waals surface area contributed by atoms with E-state index in [2.05, 4.69) is 5.16 Å². The third-order valence-corrected chi connectivity index (χ3v) is 2.27. The molecule has 17 heavy (non-hydrogen) atoms. The van der Waals surface area contributed by atoms with Crippen LogP contribution in [-0.2, 0) is 0 Å². The SMILES string of the molecule is CC(Oc1c(Cl)cccc1[N+](=O)[O-])/C(N)=N/O. The average molecular weight is 260 g/mol. The third kappa shape index (κ3) is 2.97. The molecule has 8 heteroatoms. The summed E-state index contributed by atoms with van der Waals surface area (Å²) in [5.74, 6) is -0.322. The maximum Gasteiger partial charge on any atom is 0.312 e. The second-order valence-electron chi connectivity index (χ2n) is 3.13. The summed E-state index contributed by atoms with van der Waals surface area (Å²) in [5, 5.41) is 22.0. The maximum absolute atomic E-state index is 10.8. The average Bonchev–Trinajstić information content (AvgIpc) is 2.30. The standard InChI is InChI=1S/C9H10ClN3O4/c1-5(9(11)12-14)17-8-6(10)3-2-4-7(8)13(15)16/h2-5,14H,1H3,(H2,11,12). The molecular formula is C9H10ClN3O4. The Hall–Kier alpha value is -2.02. The number of nitrogens with two attached hydrogens (primary N) is 1. The number of nitro groups is 1. The first-order valence-corrected chi connectivity index (χ1v) is 4.92. The molecule has 0 aliphatic heterocycles. The number of hydrogen-bond donors (Lipinski definition) is 2. The first-order valence-electron chi connectivity index (χ1n) is 4.54. The predicted octanol–water partition coefficient (Wildman–Crippen LogP) is 1.76. The summed E-state index contributed by atoms with van der Waals surface area (Å²) in [6.07, 6.45) is -0.835. The minimum atomic E-state index is -0.835. The predicted molar refractivity (Wildman–Crippen MR) is 61.6 cm³/mol. The van der Waals surface area contributed by atoms with Crippen molar-refractivity contribution in [1.29, 1.82) is 0 Å². The van der Waals surface area contributed by atoms with Crippen LogP contribution in [-0.4, -0.2) is 22.1 Å². The maximum atomic E-state index is 10.8. The Morgan fingerprint density at radius 3 is 2.88 bits per heavy atom. The summed E-state index contributed by atoms with van der Waals surface area (Å²) in [7, 11) is 0. The van der Waals surface area contributed by atoms with Crippen molar-refractivity contribution in [3.63, 3.8) is 0 Å². The molecule has 0 aliphatic rings. The molecule has 0 amide bonds. The van der Waals surface area contributed by atoms with Gasteiger partial charge < -0.3 is 15.7 Å². The normalized spacial score (nSPS) is 13.2. The van der Waals surface area contributed by atoms with Crippen LogP contribution in [0.2, 0.25) is 5.02 Å². The van der Waals surface area contributed by atoms with Crippen molar-refractivity contribution >= 4 is 23.1 Å². The van der Waals surface area contributed by atoms with Gasteiger partial charge in [0, 0.05) is 6.07 Å². The number of benzene rings is 1. The number of nitrogens with zero attached hydrogens (tertiary/aromatic N) is 2. The minimum absolute atomic E-state index is 0.0804. The van der Waals surface area contributed by atoms with E-state index in [4.69, 9.17) is 27.3 Å². The zero-order valence-corrected chi connectivity index (χ0v) is 9.59. The molecule has 1 aromatic rings. The summed E-state index contributed by atoms with van der Waals surface area (Å²) in [5.41, 5.74) is 5.02. The molecule has 1 rings (SSSR count). The molecule has 3 N–H and O–H groups in total. The Morgan fingerprint density at radius 1 is 1.71 bits per heavy atom. The topological polar surface area (TPSA) is 111 Å². The van der Waals surface area contributed by atoms with E-state index >= 15 is 0 Å². The highest BCUT2D eigenvalue weighted by molar-refractivity contribution is 6.32. The van der Waals surface area contributed by atoms with Crippen molar-refractivity contribution in [2.45, 2.75) is 13.0 Å². The van der Waals surface area contributed by atoms with Crippen LogP contribution in [0, 0.1) is 10.1 Å². The van der Waals surface area contributed by atoms with Crippen molar-refractivity contribution in [3.05, 3.63) is 33.3 Å². The molecule has 92 valence electrons. The van der Waals surface area contributed by atoms with Crippen LogP contribution < -0.4 is 10.5 Å². The van der Waals surface area contributed by atoms with E-state index in [-0.39, 0.29) is 22.3 Å². The summed E-state index contributed by atoms with van der Waals surface area (Å²) in [6.45, 7) is 1.47. The van der Waals surface area contributed by atoms with Gasteiger partial charge in [-0.15, -0.1) is 0 Å². The van der Waals surface area contributed by atoms with Crippen LogP contribution in [0.4, 0.5) is 5.69 Å². The summed E-state index contributed by atoms with van der Waals surface area (Å²) < 4.78 is 5.20. The molecule has 1 atom stereocenters. The van der Waals surface area contributed by atoms with E-state index in [0.29, 0.717) is 0 Å². The van der Waals surface area contributed by atoms with Crippen molar-refractivity contribution < 1.29 is 14.9 Å². The van der Waals surface area contributed by atoms with Crippen molar-refractivity contribution in [1.82, 2.24) is 0 Å². The van der Waals surface area contributed by atoms with Crippen LogP contribution in [0.1, 0.15) is 6.92 Å². The van der Waals surface area contributed by atoms with Gasteiger partial charge in [0.2, 0.25) is 5.75 Å². The number of rotatable bonds is 4. The summed E-state index contributed by atoms with van der Waals surface area (Å²) in [4.78, 5) is 10.1. The second kappa shape index (κ2) is 5.35. The van der Waals surface area contributed by atoms with E-state index < -0.39 is 11.0 Å². The van der Waals surface area contributed by atoms with Gasteiger partial charge in [-0.25, -0.2) is 0 Å². The van der Waals surface area contributed by atoms with Gasteiger partial charge in [0.15, 0.2) is 11.9 Å². The Balaban J connectivity index is 3.09. The van der Waals surface area contributed by atoms with Crippen LogP contribution in [0.15, 0.2) is 23.4 Å². The number of oxime groups is 1. The van der Waals surface area contributed by atoms with E-state index in [9.17, 15) is 10.1 Å². The lowest BCUT2D eigenvalue weighted by molar-refractivity contribution is -0.385. The molecular weight excluding hydrogens is 250 g/mol. The van der Waals surface area contributed by atoms with Crippen molar-refractivity contribution in [2.75, 3.05) is 0 Å². The smallest absolute Gasteiger partial charge is 0.312 e.